The van der Waals surface area contributed by atoms with Crippen molar-refractivity contribution < 1.29 is 0 Å². The molecule has 0 aromatic heterocycles. The second kappa shape index (κ2) is 9.90. The van der Waals surface area contributed by atoms with Gasteiger partial charge in [-0.15, -0.1) is 0 Å². The number of rotatable bonds is 12. The Bertz CT molecular complexity index is 160. The van der Waals surface area contributed by atoms with Crippen molar-refractivity contribution in [2.75, 3.05) is 26.2 Å². The standard InChI is InChI=1S/C15H32N2/c1-3-12-17(13-4-2)14-8-6-5-7-11-16-15-9-10-15/h15-16H,3-14H2,1-2H3. The zero-order valence-corrected chi connectivity index (χ0v) is 12.0. The van der Waals surface area contributed by atoms with E-state index in [1.807, 2.05) is 0 Å². The summed E-state index contributed by atoms with van der Waals surface area (Å²) >= 11 is 0. The molecule has 0 spiro atoms. The molecule has 1 rings (SSSR count). The van der Waals surface area contributed by atoms with Crippen molar-refractivity contribution >= 4 is 0 Å². The summed E-state index contributed by atoms with van der Waals surface area (Å²) in [4.78, 5) is 2.63. The number of hydrogen-bond acceptors (Lipinski definition) is 2. The molecule has 0 unspecified atom stereocenters. The molecule has 17 heavy (non-hydrogen) atoms. The number of nitrogens with zero attached hydrogens (tertiary/aromatic N) is 1. The van der Waals surface area contributed by atoms with E-state index in [-0.39, 0.29) is 0 Å². The molecular formula is C15H32N2. The van der Waals surface area contributed by atoms with Crippen molar-refractivity contribution in [3.63, 3.8) is 0 Å². The maximum absolute atomic E-state index is 3.59. The first-order valence-corrected chi connectivity index (χ1v) is 7.82. The Labute approximate surface area is 108 Å². The van der Waals surface area contributed by atoms with Gasteiger partial charge in [0.1, 0.15) is 0 Å². The van der Waals surface area contributed by atoms with Crippen LogP contribution in [0.3, 0.4) is 0 Å². The SMILES string of the molecule is CCCN(CCC)CCCCCCNC1CC1. The second-order valence-corrected chi connectivity index (χ2v) is 5.48. The molecule has 1 N–H and O–H groups in total. The van der Waals surface area contributed by atoms with Crippen LogP contribution in [0.25, 0.3) is 0 Å². The Morgan fingerprint density at radius 3 is 2.12 bits per heavy atom. The van der Waals surface area contributed by atoms with E-state index in [9.17, 15) is 0 Å². The number of unbranched alkanes of at least 4 members (excludes halogenated alkanes) is 3. The zero-order chi connectivity index (χ0) is 12.3. The Hall–Kier alpha value is -0.0800. The minimum atomic E-state index is 0.889. The fourth-order valence-corrected chi connectivity index (χ4v) is 2.38. The van der Waals surface area contributed by atoms with Gasteiger partial charge >= 0.3 is 0 Å². The summed E-state index contributed by atoms with van der Waals surface area (Å²) in [6.45, 7) is 9.71. The Morgan fingerprint density at radius 2 is 1.53 bits per heavy atom. The lowest BCUT2D eigenvalue weighted by molar-refractivity contribution is 0.268. The van der Waals surface area contributed by atoms with Crippen LogP contribution in [-0.2, 0) is 0 Å². The largest absolute Gasteiger partial charge is 0.314 e. The van der Waals surface area contributed by atoms with E-state index in [1.165, 1.54) is 77.5 Å². The molecule has 2 heteroatoms. The third kappa shape index (κ3) is 8.62. The third-order valence-electron chi connectivity index (χ3n) is 3.49. The summed E-state index contributed by atoms with van der Waals surface area (Å²) in [5.41, 5.74) is 0. The summed E-state index contributed by atoms with van der Waals surface area (Å²) in [6.07, 6.45) is 11.0. The van der Waals surface area contributed by atoms with Crippen LogP contribution in [0.2, 0.25) is 0 Å². The first kappa shape index (κ1) is 15.0. The van der Waals surface area contributed by atoms with Crippen molar-refractivity contribution in [1.82, 2.24) is 10.2 Å². The van der Waals surface area contributed by atoms with Crippen LogP contribution in [-0.4, -0.2) is 37.1 Å². The molecule has 0 atom stereocenters. The van der Waals surface area contributed by atoms with E-state index in [0.29, 0.717) is 0 Å². The number of hydrogen-bond donors (Lipinski definition) is 1. The van der Waals surface area contributed by atoms with E-state index >= 15 is 0 Å². The lowest BCUT2D eigenvalue weighted by atomic mass is 10.2. The van der Waals surface area contributed by atoms with Crippen LogP contribution >= 0.6 is 0 Å². The number of nitrogens with one attached hydrogen (secondary N) is 1. The van der Waals surface area contributed by atoms with Crippen LogP contribution in [0, 0.1) is 0 Å². The van der Waals surface area contributed by atoms with Crippen LogP contribution in [0.5, 0.6) is 0 Å². The predicted octanol–water partition coefficient (Wildman–Crippen LogP) is 3.42. The minimum absolute atomic E-state index is 0.889. The van der Waals surface area contributed by atoms with Gasteiger partial charge in [-0.3, -0.25) is 0 Å². The van der Waals surface area contributed by atoms with Crippen molar-refractivity contribution in [3.8, 4) is 0 Å². The van der Waals surface area contributed by atoms with Crippen LogP contribution < -0.4 is 5.32 Å². The summed E-state index contributed by atoms with van der Waals surface area (Å²) < 4.78 is 0. The van der Waals surface area contributed by atoms with Gasteiger partial charge in [-0.05, 0) is 64.7 Å². The average molecular weight is 240 g/mol. The molecule has 1 aliphatic rings. The van der Waals surface area contributed by atoms with Crippen LogP contribution in [0.1, 0.15) is 65.2 Å². The lowest BCUT2D eigenvalue weighted by Crippen LogP contribution is -2.26. The van der Waals surface area contributed by atoms with Gasteiger partial charge < -0.3 is 10.2 Å². The minimum Gasteiger partial charge on any atom is -0.314 e. The van der Waals surface area contributed by atoms with Gasteiger partial charge in [0.2, 0.25) is 0 Å². The zero-order valence-electron chi connectivity index (χ0n) is 12.0. The van der Waals surface area contributed by atoms with Gasteiger partial charge in [0.15, 0.2) is 0 Å². The highest BCUT2D eigenvalue weighted by Gasteiger charge is 2.19. The molecule has 102 valence electrons. The Morgan fingerprint density at radius 1 is 0.882 bits per heavy atom. The quantitative estimate of drug-likeness (QED) is 0.526. The van der Waals surface area contributed by atoms with Crippen molar-refractivity contribution in [2.45, 2.75) is 71.3 Å². The Balaban J connectivity index is 1.82. The molecule has 0 aromatic rings. The summed E-state index contributed by atoms with van der Waals surface area (Å²) in [5.74, 6) is 0. The fraction of sp³-hybridized carbons (Fsp3) is 1.00. The van der Waals surface area contributed by atoms with Gasteiger partial charge in [-0.1, -0.05) is 26.7 Å². The Kier molecular flexibility index (Phi) is 8.72. The molecule has 0 aromatic carbocycles. The normalized spacial score (nSPS) is 15.7. The highest BCUT2D eigenvalue weighted by Crippen LogP contribution is 2.18. The van der Waals surface area contributed by atoms with E-state index in [2.05, 4.69) is 24.1 Å². The molecule has 1 saturated carbocycles. The van der Waals surface area contributed by atoms with Gasteiger partial charge in [0.25, 0.3) is 0 Å². The maximum atomic E-state index is 3.59. The molecular weight excluding hydrogens is 208 g/mol. The van der Waals surface area contributed by atoms with E-state index in [0.717, 1.165) is 6.04 Å². The molecule has 0 amide bonds. The predicted molar refractivity (Wildman–Crippen MR) is 76.5 cm³/mol. The molecule has 0 radical (unpaired) electrons. The van der Waals surface area contributed by atoms with Gasteiger partial charge in [-0.2, -0.15) is 0 Å². The van der Waals surface area contributed by atoms with Gasteiger partial charge in [0, 0.05) is 6.04 Å². The third-order valence-corrected chi connectivity index (χ3v) is 3.49. The van der Waals surface area contributed by atoms with Crippen molar-refractivity contribution in [1.29, 1.82) is 0 Å². The monoisotopic (exact) mass is 240 g/mol. The molecule has 1 fully saturated rings. The van der Waals surface area contributed by atoms with E-state index < -0.39 is 0 Å². The van der Waals surface area contributed by atoms with Crippen molar-refractivity contribution in [3.05, 3.63) is 0 Å². The lowest BCUT2D eigenvalue weighted by Gasteiger charge is -2.20. The van der Waals surface area contributed by atoms with Crippen LogP contribution in [0.4, 0.5) is 0 Å². The fourth-order valence-electron chi connectivity index (χ4n) is 2.38. The second-order valence-electron chi connectivity index (χ2n) is 5.48. The smallest absolute Gasteiger partial charge is 0.00682 e. The van der Waals surface area contributed by atoms with Gasteiger partial charge in [-0.25, -0.2) is 0 Å². The van der Waals surface area contributed by atoms with Gasteiger partial charge in [0.05, 0.1) is 0 Å². The molecule has 0 heterocycles. The maximum Gasteiger partial charge on any atom is 0.00682 e. The molecule has 0 bridgehead atoms. The van der Waals surface area contributed by atoms with Crippen molar-refractivity contribution in [2.24, 2.45) is 0 Å². The first-order valence-electron chi connectivity index (χ1n) is 7.82. The molecule has 0 aliphatic heterocycles. The van der Waals surface area contributed by atoms with Crippen LogP contribution in [0.15, 0.2) is 0 Å². The topological polar surface area (TPSA) is 15.3 Å². The van der Waals surface area contributed by atoms with E-state index in [4.69, 9.17) is 0 Å². The van der Waals surface area contributed by atoms with E-state index in [1.54, 1.807) is 0 Å². The average Bonchev–Trinajstić information content (AvgIpc) is 3.12. The molecule has 1 aliphatic carbocycles. The highest BCUT2D eigenvalue weighted by atomic mass is 15.1. The molecule has 0 saturated heterocycles. The summed E-state index contributed by atoms with van der Waals surface area (Å²) in [6, 6.07) is 0.889. The summed E-state index contributed by atoms with van der Waals surface area (Å²) in [5, 5.41) is 3.59. The first-order chi connectivity index (χ1) is 8.36. The highest BCUT2D eigenvalue weighted by molar-refractivity contribution is 4.80. The molecule has 2 nitrogen and oxygen atoms in total. The summed E-state index contributed by atoms with van der Waals surface area (Å²) in [7, 11) is 0.